The summed E-state index contributed by atoms with van der Waals surface area (Å²) in [6.07, 6.45) is 6.16. The third-order valence-electron chi connectivity index (χ3n) is 3.85. The van der Waals surface area contributed by atoms with E-state index in [9.17, 15) is 0 Å². The van der Waals surface area contributed by atoms with Crippen LogP contribution in [0.15, 0.2) is 30.6 Å². The molecule has 1 saturated heterocycles. The highest BCUT2D eigenvalue weighted by Gasteiger charge is 2.23. The molecule has 4 nitrogen and oxygen atoms in total. The number of aryl methyl sites for hydroxylation is 2. The van der Waals surface area contributed by atoms with Gasteiger partial charge in [-0.3, -0.25) is 4.98 Å². The molecule has 0 N–H and O–H groups in total. The Balaban J connectivity index is 1.81. The summed E-state index contributed by atoms with van der Waals surface area (Å²) >= 11 is 0. The van der Waals surface area contributed by atoms with Gasteiger partial charge in [0.25, 0.3) is 0 Å². The highest BCUT2D eigenvalue weighted by atomic mass is 15.3. The third-order valence-corrected chi connectivity index (χ3v) is 3.85. The fourth-order valence-corrected chi connectivity index (χ4v) is 2.92. The lowest BCUT2D eigenvalue weighted by Gasteiger charge is -2.33. The molecule has 104 valence electrons. The molecular formula is C16H20N4. The fraction of sp³-hybridized carbons (Fsp3) is 0.438. The van der Waals surface area contributed by atoms with Gasteiger partial charge in [-0.1, -0.05) is 0 Å². The molecule has 3 heterocycles. The molecule has 0 bridgehead atoms. The van der Waals surface area contributed by atoms with Crippen LogP contribution in [0.1, 0.15) is 35.7 Å². The smallest absolute Gasteiger partial charge is 0.225 e. The van der Waals surface area contributed by atoms with Gasteiger partial charge in [0, 0.05) is 42.8 Å². The summed E-state index contributed by atoms with van der Waals surface area (Å²) in [6, 6.07) is 6.26. The van der Waals surface area contributed by atoms with Crippen molar-refractivity contribution in [2.45, 2.75) is 32.6 Å². The molecule has 4 heteroatoms. The predicted octanol–water partition coefficient (Wildman–Crippen LogP) is 2.87. The molecule has 0 unspecified atom stereocenters. The number of rotatable bonds is 2. The lowest BCUT2D eigenvalue weighted by molar-refractivity contribution is 0.502. The van der Waals surface area contributed by atoms with Crippen LogP contribution in [0.5, 0.6) is 0 Å². The molecule has 0 spiro atoms. The minimum absolute atomic E-state index is 0.552. The molecule has 0 aliphatic carbocycles. The number of anilines is 1. The van der Waals surface area contributed by atoms with Crippen LogP contribution in [0.2, 0.25) is 0 Å². The second kappa shape index (κ2) is 5.57. The summed E-state index contributed by atoms with van der Waals surface area (Å²) in [7, 11) is 0. The largest absolute Gasteiger partial charge is 0.340 e. The lowest BCUT2D eigenvalue weighted by atomic mass is 9.91. The van der Waals surface area contributed by atoms with Crippen molar-refractivity contribution >= 4 is 5.95 Å². The van der Waals surface area contributed by atoms with Crippen molar-refractivity contribution in [2.75, 3.05) is 18.0 Å². The standard InChI is InChI=1S/C16H20N4/c1-12-10-13(2)19-16(18-12)20-9-3-4-15(11-20)14-5-7-17-8-6-14/h5-8,10,15H,3-4,9,11H2,1-2H3/t15-/m0/s1. The Labute approximate surface area is 119 Å². The van der Waals surface area contributed by atoms with E-state index in [2.05, 4.69) is 32.0 Å². The maximum absolute atomic E-state index is 4.59. The number of pyridine rings is 1. The molecule has 0 saturated carbocycles. The first kappa shape index (κ1) is 13.0. The Morgan fingerprint density at radius 1 is 1.10 bits per heavy atom. The van der Waals surface area contributed by atoms with E-state index >= 15 is 0 Å². The Hall–Kier alpha value is -1.97. The molecule has 2 aromatic rings. The van der Waals surface area contributed by atoms with Crippen molar-refractivity contribution in [3.63, 3.8) is 0 Å². The first-order chi connectivity index (χ1) is 9.72. The summed E-state index contributed by atoms with van der Waals surface area (Å²) in [5.74, 6) is 1.43. The van der Waals surface area contributed by atoms with E-state index in [0.717, 1.165) is 30.4 Å². The van der Waals surface area contributed by atoms with Gasteiger partial charge in [0.2, 0.25) is 5.95 Å². The lowest BCUT2D eigenvalue weighted by Crippen LogP contribution is -2.35. The first-order valence-corrected chi connectivity index (χ1v) is 7.19. The molecule has 0 radical (unpaired) electrons. The zero-order valence-electron chi connectivity index (χ0n) is 12.1. The van der Waals surface area contributed by atoms with Crippen LogP contribution in [0, 0.1) is 13.8 Å². The van der Waals surface area contributed by atoms with Crippen LogP contribution in [0.25, 0.3) is 0 Å². The van der Waals surface area contributed by atoms with E-state index in [0.29, 0.717) is 5.92 Å². The number of hydrogen-bond acceptors (Lipinski definition) is 4. The number of aromatic nitrogens is 3. The Morgan fingerprint density at radius 2 is 1.80 bits per heavy atom. The van der Waals surface area contributed by atoms with Gasteiger partial charge in [-0.05, 0) is 50.5 Å². The molecule has 3 rings (SSSR count). The number of hydrogen-bond donors (Lipinski definition) is 0. The van der Waals surface area contributed by atoms with Crippen molar-refractivity contribution < 1.29 is 0 Å². The van der Waals surface area contributed by atoms with Crippen LogP contribution < -0.4 is 4.90 Å². The quantitative estimate of drug-likeness (QED) is 0.840. The van der Waals surface area contributed by atoms with Crippen molar-refractivity contribution in [3.8, 4) is 0 Å². The maximum Gasteiger partial charge on any atom is 0.225 e. The molecule has 1 fully saturated rings. The zero-order chi connectivity index (χ0) is 13.9. The molecule has 0 aromatic carbocycles. The SMILES string of the molecule is Cc1cc(C)nc(N2CCC[C@H](c3ccncc3)C2)n1. The van der Waals surface area contributed by atoms with Crippen LogP contribution in [-0.4, -0.2) is 28.0 Å². The first-order valence-electron chi connectivity index (χ1n) is 7.19. The summed E-state index contributed by atoms with van der Waals surface area (Å²) in [6.45, 7) is 6.10. The average Bonchev–Trinajstić information content (AvgIpc) is 2.47. The van der Waals surface area contributed by atoms with Gasteiger partial charge in [0.1, 0.15) is 0 Å². The highest BCUT2D eigenvalue weighted by Crippen LogP contribution is 2.28. The third kappa shape index (κ3) is 2.79. The van der Waals surface area contributed by atoms with Crippen molar-refractivity contribution in [1.29, 1.82) is 0 Å². The van der Waals surface area contributed by atoms with E-state index in [4.69, 9.17) is 0 Å². The van der Waals surface area contributed by atoms with Gasteiger partial charge in [0.15, 0.2) is 0 Å². The summed E-state index contributed by atoms with van der Waals surface area (Å²) < 4.78 is 0. The van der Waals surface area contributed by atoms with Crippen molar-refractivity contribution in [1.82, 2.24) is 15.0 Å². The molecule has 1 aliphatic heterocycles. The molecule has 1 atom stereocenters. The topological polar surface area (TPSA) is 41.9 Å². The van der Waals surface area contributed by atoms with Crippen LogP contribution in [0.3, 0.4) is 0 Å². The maximum atomic E-state index is 4.59. The van der Waals surface area contributed by atoms with Crippen LogP contribution in [-0.2, 0) is 0 Å². The number of piperidine rings is 1. The van der Waals surface area contributed by atoms with Gasteiger partial charge in [-0.2, -0.15) is 0 Å². The van der Waals surface area contributed by atoms with E-state index < -0.39 is 0 Å². The summed E-state index contributed by atoms with van der Waals surface area (Å²) in [5, 5.41) is 0. The van der Waals surface area contributed by atoms with Crippen molar-refractivity contribution in [2.24, 2.45) is 0 Å². The highest BCUT2D eigenvalue weighted by molar-refractivity contribution is 5.35. The molecule has 20 heavy (non-hydrogen) atoms. The fourth-order valence-electron chi connectivity index (χ4n) is 2.92. The molecule has 2 aromatic heterocycles. The molecule has 0 amide bonds. The molecule has 1 aliphatic rings. The van der Waals surface area contributed by atoms with Gasteiger partial charge in [0.05, 0.1) is 0 Å². The zero-order valence-corrected chi connectivity index (χ0v) is 12.1. The number of nitrogens with zero attached hydrogens (tertiary/aromatic N) is 4. The minimum atomic E-state index is 0.552. The van der Waals surface area contributed by atoms with Gasteiger partial charge >= 0.3 is 0 Å². The minimum Gasteiger partial charge on any atom is -0.340 e. The van der Waals surface area contributed by atoms with E-state index in [1.807, 2.05) is 32.3 Å². The normalized spacial score (nSPS) is 19.1. The van der Waals surface area contributed by atoms with E-state index in [-0.39, 0.29) is 0 Å². The van der Waals surface area contributed by atoms with Gasteiger partial charge in [-0.15, -0.1) is 0 Å². The van der Waals surface area contributed by atoms with E-state index in [1.54, 1.807) is 0 Å². The van der Waals surface area contributed by atoms with E-state index in [1.165, 1.54) is 18.4 Å². The summed E-state index contributed by atoms with van der Waals surface area (Å²) in [5.41, 5.74) is 3.45. The predicted molar refractivity (Wildman–Crippen MR) is 79.9 cm³/mol. The Kier molecular flexibility index (Phi) is 3.63. The molecular weight excluding hydrogens is 248 g/mol. The Morgan fingerprint density at radius 3 is 2.50 bits per heavy atom. The van der Waals surface area contributed by atoms with Crippen LogP contribution >= 0.6 is 0 Å². The van der Waals surface area contributed by atoms with Crippen LogP contribution in [0.4, 0.5) is 5.95 Å². The second-order valence-electron chi connectivity index (χ2n) is 5.52. The summed E-state index contributed by atoms with van der Waals surface area (Å²) in [4.78, 5) is 15.6. The Bertz CT molecular complexity index is 562. The van der Waals surface area contributed by atoms with Gasteiger partial charge in [-0.25, -0.2) is 9.97 Å². The van der Waals surface area contributed by atoms with Gasteiger partial charge < -0.3 is 4.90 Å². The average molecular weight is 268 g/mol. The second-order valence-corrected chi connectivity index (χ2v) is 5.52. The monoisotopic (exact) mass is 268 g/mol. The van der Waals surface area contributed by atoms with Crippen molar-refractivity contribution in [3.05, 3.63) is 47.5 Å².